The molecule has 35 heavy (non-hydrogen) atoms. The predicted molar refractivity (Wildman–Crippen MR) is 131 cm³/mol. The van der Waals surface area contributed by atoms with Crippen LogP contribution in [-0.2, 0) is 17.7 Å². The number of piperazine rings is 1. The summed E-state index contributed by atoms with van der Waals surface area (Å²) in [5, 5.41) is 4.32. The molecule has 0 bridgehead atoms. The summed E-state index contributed by atoms with van der Waals surface area (Å²) in [4.78, 5) is 29.5. The van der Waals surface area contributed by atoms with E-state index in [1.165, 1.54) is 17.3 Å². The van der Waals surface area contributed by atoms with Gasteiger partial charge in [-0.1, -0.05) is 12.1 Å². The molecule has 182 valence electrons. The molecule has 1 amide bonds. The third-order valence-corrected chi connectivity index (χ3v) is 6.68. The zero-order chi connectivity index (χ0) is 24.4. The zero-order valence-corrected chi connectivity index (χ0v) is 20.2. The molecule has 2 aliphatic rings. The van der Waals surface area contributed by atoms with Crippen LogP contribution in [0.5, 0.6) is 5.75 Å². The van der Waals surface area contributed by atoms with Crippen molar-refractivity contribution in [3.63, 3.8) is 0 Å². The number of esters is 1. The Balaban J connectivity index is 1.18. The van der Waals surface area contributed by atoms with Gasteiger partial charge in [-0.05, 0) is 55.3 Å². The van der Waals surface area contributed by atoms with Crippen LogP contribution in [0, 0.1) is 6.92 Å². The summed E-state index contributed by atoms with van der Waals surface area (Å²) in [7, 11) is 0. The van der Waals surface area contributed by atoms with E-state index in [-0.39, 0.29) is 11.9 Å². The van der Waals surface area contributed by atoms with Crippen molar-refractivity contribution in [1.82, 2.24) is 19.6 Å². The molecule has 3 heterocycles. The molecular weight excluding hydrogens is 444 g/mol. The Kier molecular flexibility index (Phi) is 6.55. The van der Waals surface area contributed by atoms with Gasteiger partial charge in [-0.2, -0.15) is 5.10 Å². The van der Waals surface area contributed by atoms with Crippen LogP contribution < -0.4 is 4.74 Å². The van der Waals surface area contributed by atoms with E-state index >= 15 is 0 Å². The Morgan fingerprint density at radius 1 is 1.06 bits per heavy atom. The number of benzene rings is 2. The number of ether oxygens (including phenoxy) is 2. The fourth-order valence-corrected chi connectivity index (χ4v) is 4.71. The number of rotatable bonds is 6. The van der Waals surface area contributed by atoms with Gasteiger partial charge in [0.15, 0.2) is 0 Å². The minimum absolute atomic E-state index is 0.0373. The summed E-state index contributed by atoms with van der Waals surface area (Å²) < 4.78 is 12.4. The minimum Gasteiger partial charge on any atom is -0.493 e. The summed E-state index contributed by atoms with van der Waals surface area (Å²) in [6.07, 6.45) is 2.50. The lowest BCUT2D eigenvalue weighted by molar-refractivity contribution is 0.0525. The van der Waals surface area contributed by atoms with Gasteiger partial charge >= 0.3 is 5.97 Å². The van der Waals surface area contributed by atoms with E-state index in [1.807, 2.05) is 36.1 Å². The highest BCUT2D eigenvalue weighted by Gasteiger charge is 2.23. The standard InChI is InChI=1S/C27H30N4O4/c1-3-34-27(33)24-17-28-31(19(24)2)23-7-5-21(6-8-23)26(32)30-13-11-29(12-14-30)18-20-4-9-25-22(16-20)10-15-35-25/h4-9,16-17H,3,10-15,18H2,1-2H3. The van der Waals surface area contributed by atoms with E-state index in [0.717, 1.165) is 44.1 Å². The molecule has 0 spiro atoms. The van der Waals surface area contributed by atoms with Crippen LogP contribution in [0.2, 0.25) is 0 Å². The van der Waals surface area contributed by atoms with Gasteiger partial charge in [0.1, 0.15) is 11.3 Å². The van der Waals surface area contributed by atoms with Crippen LogP contribution in [0.3, 0.4) is 0 Å². The SMILES string of the molecule is CCOC(=O)c1cnn(-c2ccc(C(=O)N3CCN(Cc4ccc5c(c4)CCO5)CC3)cc2)c1C. The minimum atomic E-state index is -0.382. The van der Waals surface area contributed by atoms with Crippen molar-refractivity contribution in [2.24, 2.45) is 0 Å². The molecular formula is C27H30N4O4. The lowest BCUT2D eigenvalue weighted by atomic mass is 10.1. The molecule has 1 aromatic heterocycles. The number of nitrogens with zero attached hydrogens (tertiary/aromatic N) is 4. The number of amides is 1. The maximum absolute atomic E-state index is 13.1. The summed E-state index contributed by atoms with van der Waals surface area (Å²) in [5.41, 5.74) is 5.18. The van der Waals surface area contributed by atoms with E-state index in [2.05, 4.69) is 28.2 Å². The molecule has 8 heteroatoms. The number of hydrogen-bond acceptors (Lipinski definition) is 6. The lowest BCUT2D eigenvalue weighted by Gasteiger charge is -2.35. The summed E-state index contributed by atoms with van der Waals surface area (Å²) in [5.74, 6) is 0.667. The summed E-state index contributed by atoms with van der Waals surface area (Å²) in [6.45, 7) is 8.69. The first kappa shape index (κ1) is 23.1. The second kappa shape index (κ2) is 9.92. The molecule has 8 nitrogen and oxygen atoms in total. The molecule has 2 aliphatic heterocycles. The van der Waals surface area contributed by atoms with Gasteiger partial charge < -0.3 is 14.4 Å². The van der Waals surface area contributed by atoms with Crippen molar-refractivity contribution >= 4 is 11.9 Å². The molecule has 1 fully saturated rings. The Morgan fingerprint density at radius 3 is 2.57 bits per heavy atom. The molecule has 2 aromatic carbocycles. The van der Waals surface area contributed by atoms with E-state index in [9.17, 15) is 9.59 Å². The second-order valence-corrected chi connectivity index (χ2v) is 8.93. The summed E-state index contributed by atoms with van der Waals surface area (Å²) in [6, 6.07) is 13.8. The van der Waals surface area contributed by atoms with E-state index < -0.39 is 0 Å². The van der Waals surface area contributed by atoms with Crippen molar-refractivity contribution in [2.45, 2.75) is 26.8 Å². The molecule has 0 saturated carbocycles. The first-order valence-corrected chi connectivity index (χ1v) is 12.1. The number of carbonyl (C=O) groups is 2. The maximum atomic E-state index is 13.1. The predicted octanol–water partition coefficient (Wildman–Crippen LogP) is 3.25. The molecule has 1 saturated heterocycles. The van der Waals surface area contributed by atoms with Crippen molar-refractivity contribution in [2.75, 3.05) is 39.4 Å². The van der Waals surface area contributed by atoms with Gasteiger partial charge in [0, 0.05) is 44.7 Å². The normalized spacial score (nSPS) is 15.5. The third kappa shape index (κ3) is 4.79. The van der Waals surface area contributed by atoms with Crippen LogP contribution in [0.1, 0.15) is 44.5 Å². The fourth-order valence-electron chi connectivity index (χ4n) is 4.71. The van der Waals surface area contributed by atoms with Crippen LogP contribution in [0.15, 0.2) is 48.7 Å². The van der Waals surface area contributed by atoms with Gasteiger partial charge in [0.2, 0.25) is 0 Å². The van der Waals surface area contributed by atoms with Gasteiger partial charge in [-0.25, -0.2) is 9.48 Å². The van der Waals surface area contributed by atoms with Gasteiger partial charge in [0.25, 0.3) is 5.91 Å². The third-order valence-electron chi connectivity index (χ3n) is 6.68. The molecule has 0 N–H and O–H groups in total. The number of aromatic nitrogens is 2. The quantitative estimate of drug-likeness (QED) is 0.511. The molecule has 0 aliphatic carbocycles. The first-order chi connectivity index (χ1) is 17.0. The molecule has 0 radical (unpaired) electrons. The van der Waals surface area contributed by atoms with E-state index in [0.29, 0.717) is 36.5 Å². The smallest absolute Gasteiger partial charge is 0.341 e. The largest absolute Gasteiger partial charge is 0.493 e. The van der Waals surface area contributed by atoms with Gasteiger partial charge in [-0.15, -0.1) is 0 Å². The van der Waals surface area contributed by atoms with E-state index in [1.54, 1.807) is 11.6 Å². The van der Waals surface area contributed by atoms with Crippen molar-refractivity contribution in [3.8, 4) is 11.4 Å². The first-order valence-electron chi connectivity index (χ1n) is 12.1. The molecule has 3 aromatic rings. The average molecular weight is 475 g/mol. The Bertz CT molecular complexity index is 1230. The van der Waals surface area contributed by atoms with Gasteiger partial charge in [-0.3, -0.25) is 9.69 Å². The zero-order valence-electron chi connectivity index (χ0n) is 20.2. The van der Waals surface area contributed by atoms with Crippen molar-refractivity contribution < 1.29 is 19.1 Å². The highest BCUT2D eigenvalue weighted by atomic mass is 16.5. The fraction of sp³-hybridized carbons (Fsp3) is 0.370. The topological polar surface area (TPSA) is 76.9 Å². The monoisotopic (exact) mass is 474 g/mol. The van der Waals surface area contributed by atoms with Crippen molar-refractivity contribution in [3.05, 3.63) is 76.6 Å². The molecule has 0 unspecified atom stereocenters. The molecule has 5 rings (SSSR count). The van der Waals surface area contributed by atoms with Gasteiger partial charge in [0.05, 0.1) is 30.8 Å². The highest BCUT2D eigenvalue weighted by Crippen LogP contribution is 2.26. The number of fused-ring (bicyclic) bond motifs is 1. The van der Waals surface area contributed by atoms with Crippen molar-refractivity contribution in [1.29, 1.82) is 0 Å². The second-order valence-electron chi connectivity index (χ2n) is 8.93. The average Bonchev–Trinajstić information content (AvgIpc) is 3.50. The maximum Gasteiger partial charge on any atom is 0.341 e. The van der Waals surface area contributed by atoms with Crippen LogP contribution in [-0.4, -0.2) is 70.8 Å². The lowest BCUT2D eigenvalue weighted by Crippen LogP contribution is -2.48. The Hall–Kier alpha value is -3.65. The van der Waals surface area contributed by atoms with Crippen LogP contribution in [0.25, 0.3) is 5.69 Å². The molecule has 0 atom stereocenters. The number of carbonyl (C=O) groups excluding carboxylic acids is 2. The van der Waals surface area contributed by atoms with Crippen LogP contribution in [0.4, 0.5) is 0 Å². The van der Waals surface area contributed by atoms with E-state index in [4.69, 9.17) is 9.47 Å². The Morgan fingerprint density at radius 2 is 1.83 bits per heavy atom. The highest BCUT2D eigenvalue weighted by molar-refractivity contribution is 5.94. The number of hydrogen-bond donors (Lipinski definition) is 0. The summed E-state index contributed by atoms with van der Waals surface area (Å²) >= 11 is 0. The Labute approximate surface area is 205 Å². The van der Waals surface area contributed by atoms with Crippen LogP contribution >= 0.6 is 0 Å².